The Morgan fingerprint density at radius 2 is 1.83 bits per heavy atom. The van der Waals surface area contributed by atoms with Crippen LogP contribution in [0.2, 0.25) is 0 Å². The first-order valence-corrected chi connectivity index (χ1v) is 9.01. The predicted molar refractivity (Wildman–Crippen MR) is 97.7 cm³/mol. The molecule has 0 aliphatic rings. The minimum atomic E-state index is -0.509. The average molecular weight is 344 g/mol. The Morgan fingerprint density at radius 1 is 1.12 bits per heavy atom. The fourth-order valence-corrected chi connectivity index (χ4v) is 3.15. The number of likely N-dealkylation sites (N-methyl/N-ethyl adjacent to an activating group) is 1. The van der Waals surface area contributed by atoms with Gasteiger partial charge in [-0.1, -0.05) is 44.2 Å². The summed E-state index contributed by atoms with van der Waals surface area (Å²) in [6.45, 7) is 4.45. The van der Waals surface area contributed by atoms with Gasteiger partial charge in [-0.05, 0) is 33.9 Å². The highest BCUT2D eigenvalue weighted by atomic mass is 32.1. The van der Waals surface area contributed by atoms with Crippen molar-refractivity contribution in [1.29, 1.82) is 0 Å². The number of amides is 2. The van der Waals surface area contributed by atoms with Crippen molar-refractivity contribution in [2.45, 2.75) is 32.9 Å². The lowest BCUT2D eigenvalue weighted by Gasteiger charge is -2.27. The molecule has 2 amide bonds. The van der Waals surface area contributed by atoms with Gasteiger partial charge in [0.05, 0.1) is 6.42 Å². The second-order valence-electron chi connectivity index (χ2n) is 6.28. The molecule has 1 heterocycles. The lowest BCUT2D eigenvalue weighted by Crippen LogP contribution is -2.50. The number of hydrogen-bond donors (Lipinski definition) is 1. The summed E-state index contributed by atoms with van der Waals surface area (Å²) in [4.78, 5) is 26.7. The molecule has 1 N–H and O–H groups in total. The molecule has 1 aromatic carbocycles. The van der Waals surface area contributed by atoms with Crippen LogP contribution in [0.1, 0.15) is 25.0 Å². The molecule has 1 unspecified atom stereocenters. The summed E-state index contributed by atoms with van der Waals surface area (Å²) in [5.41, 5.74) is 2.05. The number of rotatable bonds is 7. The molecule has 0 bridgehead atoms. The average Bonchev–Trinajstić information content (AvgIpc) is 3.05. The molecular weight excluding hydrogens is 320 g/mol. The van der Waals surface area contributed by atoms with E-state index >= 15 is 0 Å². The summed E-state index contributed by atoms with van der Waals surface area (Å²) in [5.74, 6) is -0.156. The second-order valence-corrected chi connectivity index (χ2v) is 7.06. The van der Waals surface area contributed by atoms with Gasteiger partial charge in [0.2, 0.25) is 11.8 Å². The molecule has 24 heavy (non-hydrogen) atoms. The number of nitrogens with one attached hydrogen (secondary N) is 1. The van der Waals surface area contributed by atoms with Crippen LogP contribution in [0.5, 0.6) is 0 Å². The van der Waals surface area contributed by atoms with E-state index < -0.39 is 6.04 Å². The van der Waals surface area contributed by atoms with Crippen molar-refractivity contribution < 1.29 is 9.59 Å². The third-order valence-corrected chi connectivity index (χ3v) is 4.56. The van der Waals surface area contributed by atoms with Gasteiger partial charge in [-0.25, -0.2) is 0 Å². The second kappa shape index (κ2) is 8.64. The summed E-state index contributed by atoms with van der Waals surface area (Å²) in [7, 11) is 1.78. The van der Waals surface area contributed by atoms with Crippen molar-refractivity contribution in [2.75, 3.05) is 7.05 Å². The molecule has 0 aliphatic heterocycles. The topological polar surface area (TPSA) is 49.4 Å². The predicted octanol–water partition coefficient (Wildman–Crippen LogP) is 3.09. The number of carbonyl (C=O) groups is 2. The minimum Gasteiger partial charge on any atom is -0.344 e. The Bertz CT molecular complexity index is 653. The quantitative estimate of drug-likeness (QED) is 0.839. The van der Waals surface area contributed by atoms with E-state index in [1.807, 2.05) is 61.0 Å². The molecule has 0 spiro atoms. The minimum absolute atomic E-state index is 0.0298. The van der Waals surface area contributed by atoms with E-state index in [9.17, 15) is 9.59 Å². The van der Waals surface area contributed by atoms with Crippen LogP contribution in [0.4, 0.5) is 0 Å². The van der Waals surface area contributed by atoms with Crippen LogP contribution in [0.3, 0.4) is 0 Å². The van der Waals surface area contributed by atoms with E-state index in [1.165, 1.54) is 0 Å². The van der Waals surface area contributed by atoms with Gasteiger partial charge in [-0.2, -0.15) is 11.3 Å². The first-order chi connectivity index (χ1) is 11.5. The highest BCUT2D eigenvalue weighted by Crippen LogP contribution is 2.12. The normalized spacial score (nSPS) is 12.0. The molecule has 0 aliphatic carbocycles. The van der Waals surface area contributed by atoms with Crippen LogP contribution in [0, 0.1) is 5.92 Å². The molecule has 1 atom stereocenters. The molecule has 5 heteroatoms. The summed E-state index contributed by atoms with van der Waals surface area (Å²) < 4.78 is 0. The van der Waals surface area contributed by atoms with Gasteiger partial charge < -0.3 is 10.2 Å². The lowest BCUT2D eigenvalue weighted by molar-refractivity contribution is -0.136. The highest BCUT2D eigenvalue weighted by molar-refractivity contribution is 7.07. The van der Waals surface area contributed by atoms with Crippen LogP contribution in [0.15, 0.2) is 47.2 Å². The van der Waals surface area contributed by atoms with E-state index in [0.29, 0.717) is 6.54 Å². The third-order valence-electron chi connectivity index (χ3n) is 3.83. The smallest absolute Gasteiger partial charge is 0.245 e. The zero-order valence-electron chi connectivity index (χ0n) is 14.4. The molecule has 128 valence electrons. The number of carbonyl (C=O) groups excluding carboxylic acids is 2. The van der Waals surface area contributed by atoms with Crippen LogP contribution < -0.4 is 5.32 Å². The maximum Gasteiger partial charge on any atom is 0.245 e. The molecule has 0 saturated carbocycles. The zero-order chi connectivity index (χ0) is 17.5. The summed E-state index contributed by atoms with van der Waals surface area (Å²) in [6, 6.07) is 11.0. The zero-order valence-corrected chi connectivity index (χ0v) is 15.2. The standard InChI is InChI=1S/C19H24N2O2S/c1-14(2)18(19(23)21(3)12-16-9-10-24-13-16)20-17(22)11-15-7-5-4-6-8-15/h4-10,13-14,18H,11-12H2,1-3H3,(H,20,22). The number of thiophene rings is 1. The Kier molecular flexibility index (Phi) is 6.55. The Labute approximate surface area is 147 Å². The largest absolute Gasteiger partial charge is 0.344 e. The third kappa shape index (κ3) is 5.20. The maximum atomic E-state index is 12.7. The fourth-order valence-electron chi connectivity index (χ4n) is 2.49. The fraction of sp³-hybridized carbons (Fsp3) is 0.368. The molecule has 2 rings (SSSR count). The molecule has 0 fully saturated rings. The highest BCUT2D eigenvalue weighted by Gasteiger charge is 2.27. The van der Waals surface area contributed by atoms with Gasteiger partial charge in [0.1, 0.15) is 6.04 Å². The van der Waals surface area contributed by atoms with E-state index in [2.05, 4.69) is 5.32 Å². The first kappa shape index (κ1) is 18.2. The van der Waals surface area contributed by atoms with Crippen LogP contribution >= 0.6 is 11.3 Å². The summed E-state index contributed by atoms with van der Waals surface area (Å²) in [6.07, 6.45) is 0.283. The lowest BCUT2D eigenvalue weighted by atomic mass is 10.0. The van der Waals surface area contributed by atoms with Crippen molar-refractivity contribution >= 4 is 23.2 Å². The van der Waals surface area contributed by atoms with Crippen molar-refractivity contribution in [2.24, 2.45) is 5.92 Å². The molecule has 4 nitrogen and oxygen atoms in total. The van der Waals surface area contributed by atoms with E-state index in [-0.39, 0.29) is 24.2 Å². The number of hydrogen-bond acceptors (Lipinski definition) is 3. The Hall–Kier alpha value is -2.14. The number of benzene rings is 1. The van der Waals surface area contributed by atoms with Crippen LogP contribution in [0.25, 0.3) is 0 Å². The van der Waals surface area contributed by atoms with Crippen molar-refractivity contribution in [1.82, 2.24) is 10.2 Å². The van der Waals surface area contributed by atoms with Crippen molar-refractivity contribution in [3.63, 3.8) is 0 Å². The number of nitrogens with zero attached hydrogens (tertiary/aromatic N) is 1. The maximum absolute atomic E-state index is 12.7. The van der Waals surface area contributed by atoms with E-state index in [0.717, 1.165) is 11.1 Å². The van der Waals surface area contributed by atoms with Crippen molar-refractivity contribution in [3.05, 3.63) is 58.3 Å². The Balaban J connectivity index is 1.97. The molecule has 2 aromatic rings. The van der Waals surface area contributed by atoms with Gasteiger partial charge in [0.25, 0.3) is 0 Å². The van der Waals surface area contributed by atoms with Crippen molar-refractivity contribution in [3.8, 4) is 0 Å². The van der Waals surface area contributed by atoms with E-state index in [4.69, 9.17) is 0 Å². The summed E-state index contributed by atoms with van der Waals surface area (Å²) >= 11 is 1.61. The van der Waals surface area contributed by atoms with Gasteiger partial charge in [0.15, 0.2) is 0 Å². The molecule has 1 aromatic heterocycles. The Morgan fingerprint density at radius 3 is 2.42 bits per heavy atom. The van der Waals surface area contributed by atoms with E-state index in [1.54, 1.807) is 23.3 Å². The van der Waals surface area contributed by atoms with Gasteiger partial charge in [0, 0.05) is 13.6 Å². The first-order valence-electron chi connectivity index (χ1n) is 8.06. The van der Waals surface area contributed by atoms with Gasteiger partial charge in [-0.15, -0.1) is 0 Å². The van der Waals surface area contributed by atoms with Crippen LogP contribution in [-0.4, -0.2) is 29.8 Å². The van der Waals surface area contributed by atoms with Crippen LogP contribution in [-0.2, 0) is 22.6 Å². The summed E-state index contributed by atoms with van der Waals surface area (Å²) in [5, 5.41) is 6.92. The SMILES string of the molecule is CC(C)C(NC(=O)Cc1ccccc1)C(=O)N(C)Cc1ccsc1. The van der Waals surface area contributed by atoms with Gasteiger partial charge in [-0.3, -0.25) is 9.59 Å². The monoisotopic (exact) mass is 344 g/mol. The molecule has 0 radical (unpaired) electrons. The van der Waals surface area contributed by atoms with Gasteiger partial charge >= 0.3 is 0 Å². The molecule has 0 saturated heterocycles. The molecular formula is C19H24N2O2S.